The Bertz CT molecular complexity index is 195. The molecule has 0 atom stereocenters. The summed E-state index contributed by atoms with van der Waals surface area (Å²) in [7, 11) is 0. The number of halogens is 1. The Hall–Kier alpha value is 0.276. The molecule has 64 valence electrons. The first-order valence-corrected chi connectivity index (χ1v) is 4.57. The van der Waals surface area contributed by atoms with Crippen molar-refractivity contribution in [1.82, 2.24) is 0 Å². The second-order valence-electron chi connectivity index (χ2n) is 2.63. The van der Waals surface area contributed by atoms with Gasteiger partial charge in [0.15, 0.2) is 0 Å². The molecule has 12 heavy (non-hydrogen) atoms. The van der Waals surface area contributed by atoms with Crippen LogP contribution in [0.5, 0.6) is 0 Å². The molecule has 0 fully saturated rings. The molecule has 0 heterocycles. The molecule has 0 unspecified atom stereocenters. The Labute approximate surface area is 98.4 Å². The van der Waals surface area contributed by atoms with E-state index in [9.17, 15) is 0 Å². The van der Waals surface area contributed by atoms with Crippen molar-refractivity contribution in [3.05, 3.63) is 35.9 Å². The summed E-state index contributed by atoms with van der Waals surface area (Å²) in [5, 5.41) is 0. The molecule has 1 aromatic carbocycles. The van der Waals surface area contributed by atoms with Crippen molar-refractivity contribution in [3.63, 3.8) is 0 Å². The van der Waals surface area contributed by atoms with E-state index in [2.05, 4.69) is 24.3 Å². The van der Waals surface area contributed by atoms with E-state index in [-0.39, 0.29) is 25.9 Å². The average molecular weight is 195 g/mol. The molecule has 0 spiro atoms. The van der Waals surface area contributed by atoms with Gasteiger partial charge in [0.2, 0.25) is 0 Å². The van der Waals surface area contributed by atoms with Crippen molar-refractivity contribution in [2.24, 2.45) is 0 Å². The van der Waals surface area contributed by atoms with Crippen molar-refractivity contribution in [1.29, 1.82) is 0 Å². The van der Waals surface area contributed by atoms with Crippen LogP contribution in [0.1, 0.15) is 21.3 Å². The molecule has 0 amide bonds. The number of benzene rings is 1. The van der Waals surface area contributed by atoms with Crippen LogP contribution in [-0.4, -0.2) is 28.9 Å². The molecule has 0 saturated carbocycles. The summed E-state index contributed by atoms with van der Waals surface area (Å²) < 4.78 is 0. The maximum atomic E-state index is 5.57. The van der Waals surface area contributed by atoms with E-state index in [0.29, 0.717) is 0 Å². The first kappa shape index (κ1) is 12.3. The first-order chi connectivity index (χ1) is 5.43. The third-order valence-electron chi connectivity index (χ3n) is 1.69. The standard InChI is InChI=1S/C10H13Cl.Mg.2H/c11-9-5-4-8-10-6-2-1-3-7-10;;;/h1-3,6-7H,4-5,8-9H2;;;/q;+2;2*-1. The van der Waals surface area contributed by atoms with Crippen LogP contribution in [0, 0.1) is 0 Å². The molecule has 0 aliphatic heterocycles. The van der Waals surface area contributed by atoms with E-state index in [4.69, 9.17) is 11.6 Å². The Morgan fingerprint density at radius 1 is 1.08 bits per heavy atom. The van der Waals surface area contributed by atoms with Gasteiger partial charge in [0.05, 0.1) is 0 Å². The van der Waals surface area contributed by atoms with Gasteiger partial charge in [0, 0.05) is 5.88 Å². The third kappa shape index (κ3) is 5.02. The van der Waals surface area contributed by atoms with E-state index in [1.165, 1.54) is 12.0 Å². The van der Waals surface area contributed by atoms with Gasteiger partial charge in [-0.25, -0.2) is 0 Å². The van der Waals surface area contributed by atoms with Crippen molar-refractivity contribution in [3.8, 4) is 0 Å². The minimum Gasteiger partial charge on any atom is -1.00 e. The number of unbranched alkanes of at least 4 members (excludes halogenated alkanes) is 1. The number of alkyl halides is 1. The van der Waals surface area contributed by atoms with Gasteiger partial charge in [-0.05, 0) is 24.8 Å². The average Bonchev–Trinajstić information content (AvgIpc) is 2.07. The van der Waals surface area contributed by atoms with E-state index in [0.717, 1.165) is 18.7 Å². The first-order valence-electron chi connectivity index (χ1n) is 4.03. The summed E-state index contributed by atoms with van der Waals surface area (Å²) in [6.07, 6.45) is 3.48. The van der Waals surface area contributed by atoms with Crippen LogP contribution in [0.2, 0.25) is 0 Å². The fourth-order valence-electron chi connectivity index (χ4n) is 1.07. The molecular weight excluding hydrogens is 180 g/mol. The Morgan fingerprint density at radius 2 is 1.75 bits per heavy atom. The second kappa shape index (κ2) is 7.90. The fourth-order valence-corrected chi connectivity index (χ4v) is 1.26. The molecule has 1 aromatic rings. The molecule has 0 N–H and O–H groups in total. The minimum atomic E-state index is 0. The topological polar surface area (TPSA) is 0 Å². The van der Waals surface area contributed by atoms with Gasteiger partial charge in [-0.3, -0.25) is 0 Å². The predicted octanol–water partition coefficient (Wildman–Crippen LogP) is 3.09. The Balaban J connectivity index is -0.000000403. The summed E-state index contributed by atoms with van der Waals surface area (Å²) in [6, 6.07) is 10.5. The zero-order chi connectivity index (χ0) is 7.94. The molecule has 0 nitrogen and oxygen atoms in total. The zero-order valence-corrected chi connectivity index (χ0v) is 9.47. The summed E-state index contributed by atoms with van der Waals surface area (Å²) in [4.78, 5) is 0. The molecule has 0 bridgehead atoms. The van der Waals surface area contributed by atoms with Gasteiger partial charge < -0.3 is 2.85 Å². The Kier molecular flexibility index (Phi) is 8.08. The normalized spacial score (nSPS) is 9.08. The molecule has 1 rings (SSSR count). The van der Waals surface area contributed by atoms with Gasteiger partial charge >= 0.3 is 23.1 Å². The van der Waals surface area contributed by atoms with Gasteiger partial charge in [-0.1, -0.05) is 30.3 Å². The largest absolute Gasteiger partial charge is 2.00 e. The van der Waals surface area contributed by atoms with Gasteiger partial charge in [0.25, 0.3) is 0 Å². The van der Waals surface area contributed by atoms with Crippen LogP contribution in [0.4, 0.5) is 0 Å². The van der Waals surface area contributed by atoms with Crippen molar-refractivity contribution >= 4 is 34.7 Å². The molecule has 0 saturated heterocycles. The van der Waals surface area contributed by atoms with E-state index >= 15 is 0 Å². The molecule has 0 aliphatic carbocycles. The number of hydrogen-bond acceptors (Lipinski definition) is 0. The SMILES string of the molecule is ClCCCCc1ccccc1.[H-].[H-].[Mg+2]. The minimum absolute atomic E-state index is 0. The maximum Gasteiger partial charge on any atom is 2.00 e. The smallest absolute Gasteiger partial charge is 1.00 e. The van der Waals surface area contributed by atoms with Crippen LogP contribution in [-0.2, 0) is 6.42 Å². The van der Waals surface area contributed by atoms with E-state index < -0.39 is 0 Å². The summed E-state index contributed by atoms with van der Waals surface area (Å²) >= 11 is 5.57. The van der Waals surface area contributed by atoms with E-state index in [1.54, 1.807) is 0 Å². The zero-order valence-electron chi connectivity index (χ0n) is 9.30. The molecular formula is C10H15ClMg. The maximum absolute atomic E-state index is 5.57. The van der Waals surface area contributed by atoms with Gasteiger partial charge in [-0.15, -0.1) is 11.6 Å². The van der Waals surface area contributed by atoms with Crippen molar-refractivity contribution < 1.29 is 2.85 Å². The monoisotopic (exact) mass is 194 g/mol. The van der Waals surface area contributed by atoms with Gasteiger partial charge in [-0.2, -0.15) is 0 Å². The van der Waals surface area contributed by atoms with Crippen LogP contribution in [0.3, 0.4) is 0 Å². The van der Waals surface area contributed by atoms with E-state index in [1.807, 2.05) is 6.07 Å². The number of hydrogen-bond donors (Lipinski definition) is 0. The molecule has 0 radical (unpaired) electrons. The Morgan fingerprint density at radius 3 is 2.33 bits per heavy atom. The van der Waals surface area contributed by atoms with Gasteiger partial charge in [0.1, 0.15) is 0 Å². The van der Waals surface area contributed by atoms with Crippen molar-refractivity contribution in [2.75, 3.05) is 5.88 Å². The van der Waals surface area contributed by atoms with Crippen LogP contribution in [0.25, 0.3) is 0 Å². The van der Waals surface area contributed by atoms with Crippen molar-refractivity contribution in [2.45, 2.75) is 19.3 Å². The number of aryl methyl sites for hydroxylation is 1. The molecule has 0 aliphatic rings. The molecule has 2 heteroatoms. The predicted molar refractivity (Wildman–Crippen MR) is 58.1 cm³/mol. The summed E-state index contributed by atoms with van der Waals surface area (Å²) in [5.74, 6) is 0.785. The third-order valence-corrected chi connectivity index (χ3v) is 1.96. The second-order valence-corrected chi connectivity index (χ2v) is 3.01. The number of rotatable bonds is 4. The summed E-state index contributed by atoms with van der Waals surface area (Å²) in [6.45, 7) is 0. The summed E-state index contributed by atoms with van der Waals surface area (Å²) in [5.41, 5.74) is 1.41. The molecule has 0 aromatic heterocycles. The quantitative estimate of drug-likeness (QED) is 0.393. The van der Waals surface area contributed by atoms with Crippen LogP contribution in [0.15, 0.2) is 30.3 Å². The van der Waals surface area contributed by atoms with Crippen LogP contribution >= 0.6 is 11.6 Å². The fraction of sp³-hybridized carbons (Fsp3) is 0.400. The van der Waals surface area contributed by atoms with Crippen LogP contribution < -0.4 is 0 Å².